The molecule has 3 heteroatoms. The van der Waals surface area contributed by atoms with Crippen LogP contribution in [0.2, 0.25) is 0 Å². The zero-order valence-electron chi connectivity index (χ0n) is 4.72. The van der Waals surface area contributed by atoms with Gasteiger partial charge in [0.2, 0.25) is 0 Å². The van der Waals surface area contributed by atoms with Gasteiger partial charge in [-0.05, 0) is 12.8 Å². The lowest BCUT2D eigenvalue weighted by Crippen LogP contribution is -1.99. The van der Waals surface area contributed by atoms with Gasteiger partial charge in [-0.2, -0.15) is 0 Å². The van der Waals surface area contributed by atoms with Crippen molar-refractivity contribution in [3.05, 3.63) is 0 Å². The Kier molecular flexibility index (Phi) is 1.19. The Morgan fingerprint density at radius 2 is 2.38 bits per heavy atom. The smallest absolute Gasteiger partial charge is 0.149 e. The molecule has 1 rings (SSSR count). The van der Waals surface area contributed by atoms with Gasteiger partial charge in [0.15, 0.2) is 0 Å². The standard InChI is InChI=1S/C5H8FNO/c1-8-7-4-5(6)2-3-5/h4H,2-3H2,1H3/b7-4+. The minimum atomic E-state index is -1.12. The van der Waals surface area contributed by atoms with E-state index in [1.807, 2.05) is 0 Å². The Balaban J connectivity index is 2.27. The largest absolute Gasteiger partial charge is 0.399 e. The zero-order valence-corrected chi connectivity index (χ0v) is 4.72. The Morgan fingerprint density at radius 3 is 2.75 bits per heavy atom. The molecule has 0 heterocycles. The summed E-state index contributed by atoms with van der Waals surface area (Å²) in [6, 6.07) is 0. The topological polar surface area (TPSA) is 21.6 Å². The van der Waals surface area contributed by atoms with Crippen molar-refractivity contribution in [2.24, 2.45) is 5.16 Å². The second-order valence-corrected chi connectivity index (χ2v) is 1.95. The number of oxime groups is 1. The maximum atomic E-state index is 12.5. The zero-order chi connectivity index (χ0) is 6.04. The lowest BCUT2D eigenvalue weighted by molar-refractivity contribution is 0.211. The van der Waals surface area contributed by atoms with Crippen molar-refractivity contribution < 1.29 is 9.23 Å². The number of halogens is 1. The van der Waals surface area contributed by atoms with E-state index in [-0.39, 0.29) is 0 Å². The fourth-order valence-electron chi connectivity index (χ4n) is 0.396. The van der Waals surface area contributed by atoms with Crippen LogP contribution < -0.4 is 0 Å². The van der Waals surface area contributed by atoms with E-state index < -0.39 is 5.67 Å². The number of alkyl halides is 1. The van der Waals surface area contributed by atoms with Gasteiger partial charge in [-0.15, -0.1) is 0 Å². The summed E-state index contributed by atoms with van der Waals surface area (Å²) in [5, 5.41) is 3.31. The number of rotatable bonds is 2. The van der Waals surface area contributed by atoms with Gasteiger partial charge in [0, 0.05) is 0 Å². The van der Waals surface area contributed by atoms with E-state index in [9.17, 15) is 4.39 Å². The third-order valence-electron chi connectivity index (χ3n) is 1.12. The molecule has 1 aliphatic carbocycles. The second kappa shape index (κ2) is 1.73. The van der Waals surface area contributed by atoms with Gasteiger partial charge in [-0.25, -0.2) is 4.39 Å². The van der Waals surface area contributed by atoms with Crippen molar-refractivity contribution in [1.82, 2.24) is 0 Å². The van der Waals surface area contributed by atoms with E-state index in [1.54, 1.807) is 0 Å². The molecule has 1 aliphatic rings. The van der Waals surface area contributed by atoms with Crippen molar-refractivity contribution in [3.63, 3.8) is 0 Å². The van der Waals surface area contributed by atoms with Gasteiger partial charge >= 0.3 is 0 Å². The monoisotopic (exact) mass is 117 g/mol. The van der Waals surface area contributed by atoms with Gasteiger partial charge in [0.25, 0.3) is 0 Å². The Hall–Kier alpha value is -0.600. The van der Waals surface area contributed by atoms with E-state index in [4.69, 9.17) is 0 Å². The molecule has 0 aliphatic heterocycles. The molecular formula is C5H8FNO. The average molecular weight is 117 g/mol. The first-order valence-corrected chi connectivity index (χ1v) is 2.53. The molecule has 0 amide bonds. The maximum absolute atomic E-state index is 12.5. The lowest BCUT2D eigenvalue weighted by Gasteiger charge is -1.89. The molecule has 0 aromatic heterocycles. The molecule has 1 saturated carbocycles. The van der Waals surface area contributed by atoms with E-state index in [1.165, 1.54) is 13.3 Å². The van der Waals surface area contributed by atoms with Crippen molar-refractivity contribution >= 4 is 6.21 Å². The van der Waals surface area contributed by atoms with Crippen molar-refractivity contribution in [3.8, 4) is 0 Å². The van der Waals surface area contributed by atoms with Crippen molar-refractivity contribution in [2.45, 2.75) is 18.5 Å². The molecule has 0 bridgehead atoms. The molecule has 0 atom stereocenters. The van der Waals surface area contributed by atoms with Crippen LogP contribution in [0.3, 0.4) is 0 Å². The predicted octanol–water partition coefficient (Wildman–Crippen LogP) is 1.12. The fourth-order valence-corrected chi connectivity index (χ4v) is 0.396. The molecule has 1 fully saturated rings. The van der Waals surface area contributed by atoms with Crippen LogP contribution in [0.25, 0.3) is 0 Å². The molecule has 0 unspecified atom stereocenters. The lowest BCUT2D eigenvalue weighted by atomic mass is 10.4. The summed E-state index contributed by atoms with van der Waals surface area (Å²) < 4.78 is 12.5. The van der Waals surface area contributed by atoms with E-state index >= 15 is 0 Å². The van der Waals surface area contributed by atoms with Gasteiger partial charge in [-0.3, -0.25) is 0 Å². The Morgan fingerprint density at radius 1 is 1.75 bits per heavy atom. The minimum Gasteiger partial charge on any atom is -0.399 e. The van der Waals surface area contributed by atoms with Crippen molar-refractivity contribution in [2.75, 3.05) is 7.11 Å². The number of hydrogen-bond acceptors (Lipinski definition) is 2. The van der Waals surface area contributed by atoms with Crippen LogP contribution >= 0.6 is 0 Å². The first-order valence-electron chi connectivity index (χ1n) is 2.53. The normalized spacial score (nSPS) is 23.8. The van der Waals surface area contributed by atoms with Crippen LogP contribution in [0.4, 0.5) is 4.39 Å². The second-order valence-electron chi connectivity index (χ2n) is 1.95. The fraction of sp³-hybridized carbons (Fsp3) is 0.800. The molecule has 0 spiro atoms. The van der Waals surface area contributed by atoms with Crippen molar-refractivity contribution in [1.29, 1.82) is 0 Å². The van der Waals surface area contributed by atoms with Crippen LogP contribution in [0, 0.1) is 0 Å². The molecule has 8 heavy (non-hydrogen) atoms. The highest BCUT2D eigenvalue weighted by molar-refractivity contribution is 5.71. The van der Waals surface area contributed by atoms with Crippen LogP contribution in [-0.2, 0) is 4.84 Å². The first kappa shape index (κ1) is 5.54. The van der Waals surface area contributed by atoms with Gasteiger partial charge in [0.05, 0.1) is 6.21 Å². The third kappa shape index (κ3) is 1.18. The summed E-state index contributed by atoms with van der Waals surface area (Å²) in [6.45, 7) is 0. The molecular weight excluding hydrogens is 109 g/mol. The molecule has 2 nitrogen and oxygen atoms in total. The highest BCUT2D eigenvalue weighted by Crippen LogP contribution is 2.37. The van der Waals surface area contributed by atoms with Crippen LogP contribution in [0.5, 0.6) is 0 Å². The maximum Gasteiger partial charge on any atom is 0.149 e. The van der Waals surface area contributed by atoms with Gasteiger partial charge < -0.3 is 4.84 Å². The van der Waals surface area contributed by atoms with E-state index in [0.29, 0.717) is 12.8 Å². The Bertz CT molecular complexity index is 109. The van der Waals surface area contributed by atoms with Crippen LogP contribution in [-0.4, -0.2) is 19.0 Å². The molecule has 0 aromatic rings. The summed E-state index contributed by atoms with van der Waals surface area (Å²) in [5.41, 5.74) is -1.12. The molecule has 0 aromatic carbocycles. The summed E-state index contributed by atoms with van der Waals surface area (Å²) in [5.74, 6) is 0. The highest BCUT2D eigenvalue weighted by atomic mass is 19.1. The summed E-state index contributed by atoms with van der Waals surface area (Å²) in [6.07, 6.45) is 2.41. The first-order chi connectivity index (χ1) is 3.77. The SMILES string of the molecule is CO/N=C/C1(F)CC1. The summed E-state index contributed by atoms with van der Waals surface area (Å²) >= 11 is 0. The average Bonchev–Trinajstić information content (AvgIpc) is 2.45. The van der Waals surface area contributed by atoms with Crippen LogP contribution in [0.1, 0.15) is 12.8 Å². The van der Waals surface area contributed by atoms with Gasteiger partial charge in [0.1, 0.15) is 12.8 Å². The van der Waals surface area contributed by atoms with E-state index in [2.05, 4.69) is 9.99 Å². The summed E-state index contributed by atoms with van der Waals surface area (Å²) in [4.78, 5) is 4.29. The van der Waals surface area contributed by atoms with E-state index in [0.717, 1.165) is 0 Å². The minimum absolute atomic E-state index is 0.597. The number of hydrogen-bond donors (Lipinski definition) is 0. The quantitative estimate of drug-likeness (QED) is 0.392. The Labute approximate surface area is 47.3 Å². The molecule has 0 N–H and O–H groups in total. The third-order valence-corrected chi connectivity index (χ3v) is 1.12. The molecule has 46 valence electrons. The predicted molar refractivity (Wildman–Crippen MR) is 28.6 cm³/mol. The molecule has 0 radical (unpaired) electrons. The summed E-state index contributed by atoms with van der Waals surface area (Å²) in [7, 11) is 1.40. The van der Waals surface area contributed by atoms with Crippen LogP contribution in [0.15, 0.2) is 5.16 Å². The van der Waals surface area contributed by atoms with Gasteiger partial charge in [-0.1, -0.05) is 5.16 Å². The highest BCUT2D eigenvalue weighted by Gasteiger charge is 2.41. The molecule has 0 saturated heterocycles. The number of nitrogens with zero attached hydrogens (tertiary/aromatic N) is 1.